The molecule has 1 aromatic heterocycles. The zero-order valence-electron chi connectivity index (χ0n) is 13.4. The Bertz CT molecular complexity index is 563. The van der Waals surface area contributed by atoms with Crippen molar-refractivity contribution < 1.29 is 0 Å². The number of aromatic nitrogens is 2. The number of hydrazine groups is 1. The van der Waals surface area contributed by atoms with E-state index in [4.69, 9.17) is 5.84 Å². The SMILES string of the molecule is Cn1cc(CCC(NN)c2ccc(C(C)(C)C)cc2)cn1. The summed E-state index contributed by atoms with van der Waals surface area (Å²) in [6.45, 7) is 6.68. The average Bonchev–Trinajstić information content (AvgIpc) is 2.85. The van der Waals surface area contributed by atoms with Crippen LogP contribution in [0.25, 0.3) is 0 Å². The molecule has 0 aliphatic rings. The van der Waals surface area contributed by atoms with Crippen molar-refractivity contribution in [2.45, 2.75) is 45.1 Å². The molecule has 4 nitrogen and oxygen atoms in total. The van der Waals surface area contributed by atoms with Crippen LogP contribution < -0.4 is 11.3 Å². The number of hydrogen-bond donors (Lipinski definition) is 2. The topological polar surface area (TPSA) is 55.9 Å². The van der Waals surface area contributed by atoms with Crippen LogP contribution in [0.1, 0.15) is 49.9 Å². The van der Waals surface area contributed by atoms with Crippen molar-refractivity contribution in [1.82, 2.24) is 15.2 Å². The highest BCUT2D eigenvalue weighted by atomic mass is 15.2. The van der Waals surface area contributed by atoms with Gasteiger partial charge in [-0.1, -0.05) is 45.0 Å². The number of aryl methyl sites for hydroxylation is 2. The monoisotopic (exact) mass is 286 g/mol. The van der Waals surface area contributed by atoms with Gasteiger partial charge in [0.15, 0.2) is 0 Å². The van der Waals surface area contributed by atoms with Crippen LogP contribution in [-0.4, -0.2) is 9.78 Å². The van der Waals surface area contributed by atoms with Gasteiger partial charge in [-0.25, -0.2) is 0 Å². The Morgan fingerprint density at radius 1 is 1.24 bits per heavy atom. The second-order valence-corrected chi connectivity index (χ2v) is 6.65. The number of benzene rings is 1. The number of nitrogens with zero attached hydrogens (tertiary/aromatic N) is 2. The molecule has 0 saturated carbocycles. The van der Waals surface area contributed by atoms with E-state index in [0.29, 0.717) is 0 Å². The lowest BCUT2D eigenvalue weighted by Crippen LogP contribution is -2.28. The minimum absolute atomic E-state index is 0.166. The lowest BCUT2D eigenvalue weighted by Gasteiger charge is -2.21. The van der Waals surface area contributed by atoms with Crippen molar-refractivity contribution in [2.75, 3.05) is 0 Å². The fourth-order valence-electron chi connectivity index (χ4n) is 2.47. The van der Waals surface area contributed by atoms with Gasteiger partial charge in [-0.05, 0) is 34.9 Å². The Morgan fingerprint density at radius 2 is 1.90 bits per heavy atom. The number of rotatable bonds is 5. The van der Waals surface area contributed by atoms with Gasteiger partial charge in [0.25, 0.3) is 0 Å². The van der Waals surface area contributed by atoms with E-state index in [1.54, 1.807) is 0 Å². The summed E-state index contributed by atoms with van der Waals surface area (Å²) in [5.74, 6) is 5.73. The lowest BCUT2D eigenvalue weighted by atomic mass is 9.86. The molecular weight excluding hydrogens is 260 g/mol. The van der Waals surface area contributed by atoms with Gasteiger partial charge in [0.1, 0.15) is 0 Å². The molecule has 2 rings (SSSR count). The van der Waals surface area contributed by atoms with Gasteiger partial charge in [0.2, 0.25) is 0 Å². The minimum Gasteiger partial charge on any atom is -0.276 e. The molecule has 0 bridgehead atoms. The minimum atomic E-state index is 0.166. The summed E-state index contributed by atoms with van der Waals surface area (Å²) in [6, 6.07) is 8.91. The number of nitrogens with one attached hydrogen (secondary N) is 1. The highest BCUT2D eigenvalue weighted by Gasteiger charge is 2.15. The maximum atomic E-state index is 5.73. The third-order valence-corrected chi connectivity index (χ3v) is 3.86. The zero-order chi connectivity index (χ0) is 15.5. The fraction of sp³-hybridized carbons (Fsp3) is 0.471. The first-order valence-electron chi connectivity index (χ1n) is 7.44. The molecule has 1 aromatic carbocycles. The summed E-state index contributed by atoms with van der Waals surface area (Å²) in [6.07, 6.45) is 5.88. The van der Waals surface area contributed by atoms with Crippen LogP contribution in [0.2, 0.25) is 0 Å². The first-order valence-corrected chi connectivity index (χ1v) is 7.44. The highest BCUT2D eigenvalue weighted by Crippen LogP contribution is 2.25. The molecular formula is C17H26N4. The summed E-state index contributed by atoms with van der Waals surface area (Å²) >= 11 is 0. The number of hydrogen-bond acceptors (Lipinski definition) is 3. The highest BCUT2D eigenvalue weighted by molar-refractivity contribution is 5.29. The molecule has 0 radical (unpaired) electrons. The molecule has 0 fully saturated rings. The van der Waals surface area contributed by atoms with Crippen molar-refractivity contribution in [3.63, 3.8) is 0 Å². The van der Waals surface area contributed by atoms with Gasteiger partial charge in [-0.3, -0.25) is 16.0 Å². The molecule has 0 saturated heterocycles. The second-order valence-electron chi connectivity index (χ2n) is 6.65. The molecule has 0 aliphatic heterocycles. The maximum absolute atomic E-state index is 5.73. The molecule has 4 heteroatoms. The Kier molecular flexibility index (Phi) is 4.80. The average molecular weight is 286 g/mol. The van der Waals surface area contributed by atoms with E-state index in [2.05, 4.69) is 61.8 Å². The molecule has 0 amide bonds. The molecule has 0 spiro atoms. The number of nitrogens with two attached hydrogens (primary N) is 1. The summed E-state index contributed by atoms with van der Waals surface area (Å²) in [5.41, 5.74) is 6.92. The molecule has 3 N–H and O–H groups in total. The van der Waals surface area contributed by atoms with E-state index in [9.17, 15) is 0 Å². The molecule has 21 heavy (non-hydrogen) atoms. The van der Waals surface area contributed by atoms with Gasteiger partial charge in [0, 0.05) is 19.3 Å². The van der Waals surface area contributed by atoms with Crippen LogP contribution in [0.3, 0.4) is 0 Å². The van der Waals surface area contributed by atoms with Crippen LogP contribution in [0.15, 0.2) is 36.7 Å². The van der Waals surface area contributed by atoms with Crippen molar-refractivity contribution in [2.24, 2.45) is 12.9 Å². The second kappa shape index (κ2) is 6.41. The predicted molar refractivity (Wildman–Crippen MR) is 86.7 cm³/mol. The third kappa shape index (κ3) is 4.16. The largest absolute Gasteiger partial charge is 0.276 e. The zero-order valence-corrected chi connectivity index (χ0v) is 13.4. The normalized spacial score (nSPS) is 13.4. The van der Waals surface area contributed by atoms with Crippen molar-refractivity contribution in [3.8, 4) is 0 Å². The van der Waals surface area contributed by atoms with E-state index >= 15 is 0 Å². The van der Waals surface area contributed by atoms with Crippen molar-refractivity contribution in [3.05, 3.63) is 53.3 Å². The summed E-state index contributed by atoms with van der Waals surface area (Å²) in [7, 11) is 1.94. The molecule has 1 unspecified atom stereocenters. The molecule has 1 atom stereocenters. The molecule has 2 aromatic rings. The van der Waals surface area contributed by atoms with Gasteiger partial charge >= 0.3 is 0 Å². The lowest BCUT2D eigenvalue weighted by molar-refractivity contribution is 0.515. The first kappa shape index (κ1) is 15.7. The summed E-state index contributed by atoms with van der Waals surface area (Å²) in [4.78, 5) is 0. The van der Waals surface area contributed by atoms with Crippen LogP contribution in [0.4, 0.5) is 0 Å². The Morgan fingerprint density at radius 3 is 2.38 bits per heavy atom. The van der Waals surface area contributed by atoms with Crippen LogP contribution in [0, 0.1) is 0 Å². The van der Waals surface area contributed by atoms with E-state index in [1.165, 1.54) is 16.7 Å². The smallest absolute Gasteiger partial charge is 0.0521 e. The predicted octanol–water partition coefficient (Wildman–Crippen LogP) is 2.85. The van der Waals surface area contributed by atoms with E-state index in [-0.39, 0.29) is 11.5 Å². The third-order valence-electron chi connectivity index (χ3n) is 3.86. The summed E-state index contributed by atoms with van der Waals surface area (Å²) in [5, 5.41) is 4.20. The van der Waals surface area contributed by atoms with Crippen LogP contribution in [-0.2, 0) is 18.9 Å². The van der Waals surface area contributed by atoms with Crippen LogP contribution >= 0.6 is 0 Å². The van der Waals surface area contributed by atoms with Gasteiger partial charge < -0.3 is 0 Å². The van der Waals surface area contributed by atoms with Gasteiger partial charge in [-0.2, -0.15) is 5.10 Å². The maximum Gasteiger partial charge on any atom is 0.0521 e. The Balaban J connectivity index is 2.03. The molecule has 114 valence electrons. The van der Waals surface area contributed by atoms with Crippen molar-refractivity contribution in [1.29, 1.82) is 0 Å². The van der Waals surface area contributed by atoms with Gasteiger partial charge in [0.05, 0.1) is 6.20 Å². The quantitative estimate of drug-likeness (QED) is 0.656. The fourth-order valence-corrected chi connectivity index (χ4v) is 2.47. The standard InChI is InChI=1S/C17H26N4/c1-17(2,3)15-8-6-14(7-9-15)16(20-18)10-5-13-11-19-21(4)12-13/h6-9,11-12,16,20H,5,10,18H2,1-4H3. The molecule has 1 heterocycles. The summed E-state index contributed by atoms with van der Waals surface area (Å²) < 4.78 is 1.83. The molecule has 0 aliphatic carbocycles. The van der Waals surface area contributed by atoms with Crippen molar-refractivity contribution >= 4 is 0 Å². The van der Waals surface area contributed by atoms with Gasteiger partial charge in [-0.15, -0.1) is 0 Å². The Hall–Kier alpha value is -1.65. The van der Waals surface area contributed by atoms with Crippen LogP contribution in [0.5, 0.6) is 0 Å². The van der Waals surface area contributed by atoms with E-state index in [1.807, 2.05) is 17.9 Å². The first-order chi connectivity index (χ1) is 9.90. The van der Waals surface area contributed by atoms with E-state index in [0.717, 1.165) is 12.8 Å². The Labute approximate surface area is 127 Å². The van der Waals surface area contributed by atoms with E-state index < -0.39 is 0 Å².